The first-order valence-electron chi connectivity index (χ1n) is 9.08. The monoisotopic (exact) mass is 366 g/mol. The van der Waals surface area contributed by atoms with Crippen LogP contribution >= 0.6 is 23.2 Å². The maximum atomic E-state index is 12.7. The number of hydrogen-bond donors (Lipinski definition) is 1. The van der Waals surface area contributed by atoms with Gasteiger partial charge in [-0.3, -0.25) is 4.79 Å². The zero-order valence-electron chi connectivity index (χ0n) is 13.8. The van der Waals surface area contributed by atoms with Crippen LogP contribution < -0.4 is 5.32 Å². The van der Waals surface area contributed by atoms with Crippen molar-refractivity contribution >= 4 is 29.1 Å². The Kier molecular flexibility index (Phi) is 4.77. The molecule has 1 aromatic rings. The molecule has 2 unspecified atom stereocenters. The van der Waals surface area contributed by atoms with Gasteiger partial charge in [0.25, 0.3) is 0 Å². The van der Waals surface area contributed by atoms with Gasteiger partial charge in [-0.05, 0) is 74.2 Å². The molecular weight excluding hydrogens is 343 g/mol. The van der Waals surface area contributed by atoms with Crippen LogP contribution in [0.2, 0.25) is 10.0 Å². The molecule has 1 N–H and O–H groups in total. The number of piperidine rings is 1. The summed E-state index contributed by atoms with van der Waals surface area (Å²) in [5, 5.41) is 4.97. The van der Waals surface area contributed by atoms with Crippen LogP contribution in [0.3, 0.4) is 0 Å². The molecule has 1 aliphatic heterocycles. The van der Waals surface area contributed by atoms with Crippen molar-refractivity contribution < 1.29 is 4.79 Å². The maximum Gasteiger partial charge on any atom is 0.226 e. The zero-order valence-corrected chi connectivity index (χ0v) is 15.3. The van der Waals surface area contributed by atoms with E-state index in [0.29, 0.717) is 27.9 Å². The van der Waals surface area contributed by atoms with Gasteiger partial charge in [-0.15, -0.1) is 0 Å². The highest BCUT2D eigenvalue weighted by molar-refractivity contribution is 6.34. The van der Waals surface area contributed by atoms with Gasteiger partial charge in [0.2, 0.25) is 5.91 Å². The summed E-state index contributed by atoms with van der Waals surface area (Å²) < 4.78 is 0. The highest BCUT2D eigenvalue weighted by Crippen LogP contribution is 2.49. The average Bonchev–Trinajstić information content (AvgIpc) is 3.46. The summed E-state index contributed by atoms with van der Waals surface area (Å²) in [7, 11) is 0. The summed E-state index contributed by atoms with van der Waals surface area (Å²) in [4.78, 5) is 14.8. The van der Waals surface area contributed by atoms with Crippen LogP contribution in [0.5, 0.6) is 0 Å². The molecule has 0 bridgehead atoms. The van der Waals surface area contributed by atoms with Gasteiger partial charge < -0.3 is 10.2 Å². The van der Waals surface area contributed by atoms with Gasteiger partial charge in [0.05, 0.1) is 0 Å². The first-order valence-corrected chi connectivity index (χ1v) is 9.84. The standard InChI is InChI=1S/C19H24Cl2N2O/c20-14-7-13(8-15(21)9-14)17-10-18(17)19(24)23-5-3-16(4-6-23)22-11-12-1-2-12/h7-9,12,16-18,22H,1-6,10-11H2. The van der Waals surface area contributed by atoms with Crippen LogP contribution in [0.25, 0.3) is 0 Å². The van der Waals surface area contributed by atoms with Crippen LogP contribution in [0.4, 0.5) is 0 Å². The SMILES string of the molecule is O=C(C1CC1c1cc(Cl)cc(Cl)c1)N1CCC(NCC2CC2)CC1. The molecule has 24 heavy (non-hydrogen) atoms. The summed E-state index contributed by atoms with van der Waals surface area (Å²) in [5.41, 5.74) is 1.10. The maximum absolute atomic E-state index is 12.7. The second-order valence-corrected chi connectivity index (χ2v) is 8.48. The van der Waals surface area contributed by atoms with Crippen molar-refractivity contribution in [2.45, 2.75) is 44.1 Å². The number of nitrogens with zero attached hydrogens (tertiary/aromatic N) is 1. The van der Waals surface area contributed by atoms with Crippen molar-refractivity contribution in [2.24, 2.45) is 11.8 Å². The molecule has 0 radical (unpaired) electrons. The lowest BCUT2D eigenvalue weighted by Gasteiger charge is -2.33. The molecule has 1 aromatic carbocycles. The van der Waals surface area contributed by atoms with E-state index in [1.807, 2.05) is 12.1 Å². The zero-order chi connectivity index (χ0) is 16.7. The molecule has 3 aliphatic rings. The fraction of sp³-hybridized carbons (Fsp3) is 0.632. The van der Waals surface area contributed by atoms with E-state index in [9.17, 15) is 4.79 Å². The van der Waals surface area contributed by atoms with Crippen molar-refractivity contribution in [3.8, 4) is 0 Å². The number of carbonyl (C=O) groups excluding carboxylic acids is 1. The molecule has 3 fully saturated rings. The summed E-state index contributed by atoms with van der Waals surface area (Å²) >= 11 is 12.2. The largest absolute Gasteiger partial charge is 0.342 e. The van der Waals surface area contributed by atoms with Gasteiger partial charge in [-0.2, -0.15) is 0 Å². The number of carbonyl (C=O) groups is 1. The number of nitrogens with one attached hydrogen (secondary N) is 1. The Hall–Kier alpha value is -0.770. The smallest absolute Gasteiger partial charge is 0.226 e. The Bertz CT molecular complexity index is 604. The quantitative estimate of drug-likeness (QED) is 0.850. The van der Waals surface area contributed by atoms with Gasteiger partial charge in [0, 0.05) is 35.1 Å². The van der Waals surface area contributed by atoms with E-state index >= 15 is 0 Å². The van der Waals surface area contributed by atoms with E-state index in [2.05, 4.69) is 10.2 Å². The Balaban J connectivity index is 1.28. The van der Waals surface area contributed by atoms with E-state index in [0.717, 1.165) is 43.8 Å². The fourth-order valence-corrected chi connectivity index (χ4v) is 4.36. The molecule has 130 valence electrons. The second kappa shape index (κ2) is 6.86. The summed E-state index contributed by atoms with van der Waals surface area (Å²) in [6.07, 6.45) is 5.87. The van der Waals surface area contributed by atoms with Gasteiger partial charge in [-0.25, -0.2) is 0 Å². The Morgan fingerprint density at radius 3 is 2.38 bits per heavy atom. The summed E-state index contributed by atoms with van der Waals surface area (Å²) in [6, 6.07) is 6.22. The van der Waals surface area contributed by atoms with Gasteiger partial charge in [0.1, 0.15) is 0 Å². The molecule has 4 rings (SSSR count). The van der Waals surface area contributed by atoms with E-state index in [4.69, 9.17) is 23.2 Å². The van der Waals surface area contributed by atoms with E-state index in [-0.39, 0.29) is 5.92 Å². The third-order valence-corrected chi connectivity index (χ3v) is 6.06. The van der Waals surface area contributed by atoms with Crippen molar-refractivity contribution in [3.63, 3.8) is 0 Å². The van der Waals surface area contributed by atoms with Gasteiger partial charge in [0.15, 0.2) is 0 Å². The molecule has 5 heteroatoms. The van der Waals surface area contributed by atoms with Crippen molar-refractivity contribution in [1.82, 2.24) is 10.2 Å². The Labute approximate surface area is 153 Å². The van der Waals surface area contributed by atoms with E-state index in [1.165, 1.54) is 19.4 Å². The summed E-state index contributed by atoms with van der Waals surface area (Å²) in [6.45, 7) is 2.94. The minimum atomic E-state index is 0.121. The van der Waals surface area contributed by atoms with Crippen LogP contribution in [0, 0.1) is 11.8 Å². The molecule has 1 heterocycles. The predicted octanol–water partition coefficient (Wildman–Crippen LogP) is 4.09. The predicted molar refractivity (Wildman–Crippen MR) is 97.6 cm³/mol. The number of amides is 1. The van der Waals surface area contributed by atoms with Gasteiger partial charge >= 0.3 is 0 Å². The molecule has 0 spiro atoms. The van der Waals surface area contributed by atoms with Crippen LogP contribution in [-0.2, 0) is 4.79 Å². The number of benzene rings is 1. The molecule has 2 atom stereocenters. The minimum Gasteiger partial charge on any atom is -0.342 e. The van der Waals surface area contributed by atoms with Crippen molar-refractivity contribution in [2.75, 3.05) is 19.6 Å². The first-order chi connectivity index (χ1) is 11.6. The van der Waals surface area contributed by atoms with Gasteiger partial charge in [-0.1, -0.05) is 23.2 Å². The van der Waals surface area contributed by atoms with Crippen molar-refractivity contribution in [3.05, 3.63) is 33.8 Å². The number of rotatable bonds is 5. The Morgan fingerprint density at radius 1 is 1.08 bits per heavy atom. The third kappa shape index (κ3) is 3.89. The second-order valence-electron chi connectivity index (χ2n) is 7.60. The number of halogens is 2. The molecule has 2 saturated carbocycles. The first kappa shape index (κ1) is 16.7. The lowest BCUT2D eigenvalue weighted by atomic mass is 10.0. The topological polar surface area (TPSA) is 32.3 Å². The number of hydrogen-bond acceptors (Lipinski definition) is 2. The van der Waals surface area contributed by atoms with E-state index < -0.39 is 0 Å². The summed E-state index contributed by atoms with van der Waals surface area (Å²) in [5.74, 6) is 1.65. The molecule has 1 saturated heterocycles. The van der Waals surface area contributed by atoms with Crippen molar-refractivity contribution in [1.29, 1.82) is 0 Å². The third-order valence-electron chi connectivity index (χ3n) is 5.62. The lowest BCUT2D eigenvalue weighted by molar-refractivity contribution is -0.133. The number of likely N-dealkylation sites (tertiary alicyclic amines) is 1. The normalized spacial score (nSPS) is 27.3. The molecule has 1 amide bonds. The molecule has 2 aliphatic carbocycles. The molecule has 3 nitrogen and oxygen atoms in total. The van der Waals surface area contributed by atoms with E-state index in [1.54, 1.807) is 6.07 Å². The van der Waals surface area contributed by atoms with Crippen LogP contribution in [0.1, 0.15) is 43.6 Å². The molecule has 0 aromatic heterocycles. The highest BCUT2D eigenvalue weighted by atomic mass is 35.5. The minimum absolute atomic E-state index is 0.121. The highest BCUT2D eigenvalue weighted by Gasteiger charge is 2.46. The Morgan fingerprint density at radius 2 is 1.75 bits per heavy atom. The van der Waals surface area contributed by atoms with Crippen LogP contribution in [-0.4, -0.2) is 36.5 Å². The average molecular weight is 367 g/mol. The lowest BCUT2D eigenvalue weighted by Crippen LogP contribution is -2.46. The molecular formula is C19H24Cl2N2O. The fourth-order valence-electron chi connectivity index (χ4n) is 3.82. The van der Waals surface area contributed by atoms with Crippen LogP contribution in [0.15, 0.2) is 18.2 Å².